The fourth-order valence-corrected chi connectivity index (χ4v) is 6.06. The van der Waals surface area contributed by atoms with Crippen LogP contribution in [0.5, 0.6) is 0 Å². The first-order valence-electron chi connectivity index (χ1n) is 11.6. The number of aromatic carboxylic acids is 1. The molecule has 0 spiro atoms. The van der Waals surface area contributed by atoms with E-state index < -0.39 is 5.97 Å². The number of halogens is 2. The number of carbonyl (C=O) groups is 1. The average Bonchev–Trinajstić information content (AvgIpc) is 3.25. The number of carboxylic acid groups (broad SMARTS) is 1. The molecule has 2 aliphatic carbocycles. The van der Waals surface area contributed by atoms with E-state index in [0.29, 0.717) is 34.5 Å². The lowest BCUT2D eigenvalue weighted by Gasteiger charge is -2.33. The highest BCUT2D eigenvalue weighted by Crippen LogP contribution is 2.45. The molecule has 0 radical (unpaired) electrons. The second kappa shape index (κ2) is 8.56. The molecule has 1 saturated heterocycles. The van der Waals surface area contributed by atoms with Crippen LogP contribution in [-0.4, -0.2) is 44.9 Å². The van der Waals surface area contributed by atoms with Crippen LogP contribution >= 0.6 is 23.2 Å². The molecule has 1 aromatic carbocycles. The van der Waals surface area contributed by atoms with Crippen molar-refractivity contribution < 1.29 is 14.6 Å². The summed E-state index contributed by atoms with van der Waals surface area (Å²) in [5, 5.41) is 17.8. The number of aromatic amines is 1. The van der Waals surface area contributed by atoms with Gasteiger partial charge in [-0.25, -0.2) is 9.78 Å². The van der Waals surface area contributed by atoms with Crippen LogP contribution in [0.2, 0.25) is 10.0 Å². The average molecular weight is 499 g/mol. The molecule has 0 amide bonds. The lowest BCUT2D eigenvalue weighted by atomic mass is 10.1. The molecule has 3 heterocycles. The second-order valence-electron chi connectivity index (χ2n) is 9.51. The fraction of sp³-hybridized carbons (Fsp3) is 0.400. The summed E-state index contributed by atoms with van der Waals surface area (Å²) in [7, 11) is 0. The molecule has 3 atom stereocenters. The summed E-state index contributed by atoms with van der Waals surface area (Å²) < 4.78 is 6.27. The molecule has 9 heteroatoms. The van der Waals surface area contributed by atoms with Gasteiger partial charge >= 0.3 is 5.97 Å². The predicted octanol–water partition coefficient (Wildman–Crippen LogP) is 5.54. The van der Waals surface area contributed by atoms with Crippen LogP contribution in [0.25, 0.3) is 11.3 Å². The molecule has 2 saturated carbocycles. The number of piperidine rings is 1. The molecule has 2 bridgehead atoms. The Kier molecular flexibility index (Phi) is 5.51. The van der Waals surface area contributed by atoms with Gasteiger partial charge in [0.25, 0.3) is 0 Å². The molecule has 6 rings (SSSR count). The zero-order chi connectivity index (χ0) is 23.4. The Morgan fingerprint density at radius 1 is 1.18 bits per heavy atom. The first-order chi connectivity index (χ1) is 16.5. The highest BCUT2D eigenvalue weighted by molar-refractivity contribution is 6.39. The number of fused-ring (bicyclic) bond motifs is 2. The summed E-state index contributed by atoms with van der Waals surface area (Å²) >= 11 is 13.1. The van der Waals surface area contributed by atoms with Gasteiger partial charge in [-0.05, 0) is 67.5 Å². The molecule has 176 valence electrons. The maximum atomic E-state index is 11.0. The van der Waals surface area contributed by atoms with E-state index in [4.69, 9.17) is 33.0 Å². The number of carboxylic acids is 1. The van der Waals surface area contributed by atoms with Crippen molar-refractivity contribution in [2.75, 3.05) is 11.4 Å². The normalized spacial score (nSPS) is 23.6. The zero-order valence-corrected chi connectivity index (χ0v) is 19.9. The van der Waals surface area contributed by atoms with Crippen molar-refractivity contribution in [1.29, 1.82) is 0 Å². The molecule has 3 aromatic rings. The molecule has 2 N–H and O–H groups in total. The number of aromatic nitrogens is 3. The van der Waals surface area contributed by atoms with E-state index in [9.17, 15) is 4.79 Å². The van der Waals surface area contributed by atoms with E-state index in [1.807, 2.05) is 24.3 Å². The summed E-state index contributed by atoms with van der Waals surface area (Å²) in [5.74, 6) is 0.0142. The predicted molar refractivity (Wildman–Crippen MR) is 130 cm³/mol. The van der Waals surface area contributed by atoms with Gasteiger partial charge in [0.05, 0.1) is 46.0 Å². The lowest BCUT2D eigenvalue weighted by molar-refractivity contribution is 0.0111. The number of anilines is 1. The minimum atomic E-state index is -1.01. The molecule has 7 nitrogen and oxygen atoms in total. The van der Waals surface area contributed by atoms with Gasteiger partial charge in [0.1, 0.15) is 5.69 Å². The van der Waals surface area contributed by atoms with Crippen LogP contribution in [0.1, 0.15) is 53.3 Å². The molecule has 3 aliphatic rings. The first kappa shape index (κ1) is 21.9. The Labute approximate surface area is 207 Å². The van der Waals surface area contributed by atoms with Gasteiger partial charge in [0.15, 0.2) is 0 Å². The quantitative estimate of drug-likeness (QED) is 0.444. The van der Waals surface area contributed by atoms with Crippen molar-refractivity contribution >= 4 is 34.9 Å². The number of hydrogen-bond acceptors (Lipinski definition) is 5. The Morgan fingerprint density at radius 2 is 1.97 bits per heavy atom. The van der Waals surface area contributed by atoms with Crippen molar-refractivity contribution in [2.24, 2.45) is 5.92 Å². The third-order valence-corrected chi connectivity index (χ3v) is 7.82. The number of nitrogens with one attached hydrogen (secondary N) is 1. The number of hydrogen-bond donors (Lipinski definition) is 2. The van der Waals surface area contributed by atoms with Crippen LogP contribution in [0, 0.1) is 5.92 Å². The number of nitrogens with zero attached hydrogens (tertiary/aromatic N) is 3. The van der Waals surface area contributed by atoms with Crippen molar-refractivity contribution in [3.63, 3.8) is 0 Å². The Balaban J connectivity index is 1.08. The minimum Gasteiger partial charge on any atom is -0.477 e. The molecule has 2 aromatic heterocycles. The fourth-order valence-electron chi connectivity index (χ4n) is 5.36. The van der Waals surface area contributed by atoms with E-state index in [-0.39, 0.29) is 11.8 Å². The maximum Gasteiger partial charge on any atom is 0.354 e. The van der Waals surface area contributed by atoms with Gasteiger partial charge < -0.3 is 14.7 Å². The molecule has 1 aliphatic heterocycles. The number of ether oxygens (including phenoxy) is 1. The number of pyridine rings is 1. The summed E-state index contributed by atoms with van der Waals surface area (Å²) in [5.41, 5.74) is 4.62. The Morgan fingerprint density at radius 3 is 2.59 bits per heavy atom. The smallest absolute Gasteiger partial charge is 0.354 e. The zero-order valence-electron chi connectivity index (χ0n) is 18.4. The van der Waals surface area contributed by atoms with E-state index in [0.717, 1.165) is 42.0 Å². The van der Waals surface area contributed by atoms with E-state index >= 15 is 0 Å². The maximum absolute atomic E-state index is 11.0. The van der Waals surface area contributed by atoms with E-state index in [1.165, 1.54) is 18.4 Å². The third kappa shape index (κ3) is 4.06. The highest BCUT2D eigenvalue weighted by atomic mass is 35.5. The van der Waals surface area contributed by atoms with Crippen LogP contribution in [0.4, 0.5) is 5.69 Å². The molecular formula is C25H24Cl2N4O3. The van der Waals surface area contributed by atoms with Gasteiger partial charge in [0.2, 0.25) is 0 Å². The Hall–Kier alpha value is -2.61. The number of rotatable bonds is 7. The summed E-state index contributed by atoms with van der Waals surface area (Å²) in [6.07, 6.45) is 6.24. The molecular weight excluding hydrogens is 475 g/mol. The SMILES string of the molecule is O=C(O)c1ccc(N2C[C@@H]3C[C@H]2C[C@H]3OCc2cc(-c3c(Cl)cc(C4CC4)cc3Cl)n[nH]2)cn1. The van der Waals surface area contributed by atoms with Crippen molar-refractivity contribution in [3.05, 3.63) is 63.5 Å². The monoisotopic (exact) mass is 498 g/mol. The van der Waals surface area contributed by atoms with Gasteiger partial charge in [-0.1, -0.05) is 23.2 Å². The van der Waals surface area contributed by atoms with E-state index in [1.54, 1.807) is 12.3 Å². The van der Waals surface area contributed by atoms with Crippen LogP contribution in [-0.2, 0) is 11.3 Å². The van der Waals surface area contributed by atoms with Gasteiger partial charge in [-0.3, -0.25) is 5.10 Å². The van der Waals surface area contributed by atoms with Crippen LogP contribution < -0.4 is 4.90 Å². The van der Waals surface area contributed by atoms with Crippen molar-refractivity contribution in [2.45, 2.75) is 50.4 Å². The first-order valence-corrected chi connectivity index (χ1v) is 12.3. The molecule has 3 fully saturated rings. The second-order valence-corrected chi connectivity index (χ2v) is 10.3. The Bertz CT molecular complexity index is 1220. The van der Waals surface area contributed by atoms with Gasteiger partial charge in [0, 0.05) is 24.1 Å². The number of H-pyrrole nitrogens is 1. The van der Waals surface area contributed by atoms with Crippen LogP contribution in [0.3, 0.4) is 0 Å². The standard InChI is InChI=1S/C25H24Cl2N4O3/c26-19-6-14(13-1-2-13)7-20(27)24(19)22-8-16(29-30-22)12-34-23-9-18-5-15(23)11-31(18)17-3-4-21(25(32)33)28-10-17/h3-4,6-8,10,13,15,18,23H,1-2,5,9,11-12H2,(H,29,30)(H,32,33)/t15-,18-,23+/m0/s1. The van der Waals surface area contributed by atoms with Crippen molar-refractivity contribution in [1.82, 2.24) is 15.2 Å². The van der Waals surface area contributed by atoms with Gasteiger partial charge in [-0.15, -0.1) is 0 Å². The molecule has 34 heavy (non-hydrogen) atoms. The van der Waals surface area contributed by atoms with Crippen molar-refractivity contribution in [3.8, 4) is 11.3 Å². The van der Waals surface area contributed by atoms with E-state index in [2.05, 4.69) is 20.1 Å². The number of benzene rings is 1. The lowest BCUT2D eigenvalue weighted by Crippen LogP contribution is -2.38. The summed E-state index contributed by atoms with van der Waals surface area (Å²) in [4.78, 5) is 17.4. The van der Waals surface area contributed by atoms with Crippen LogP contribution in [0.15, 0.2) is 36.5 Å². The topological polar surface area (TPSA) is 91.3 Å². The largest absolute Gasteiger partial charge is 0.477 e. The summed E-state index contributed by atoms with van der Waals surface area (Å²) in [6.45, 7) is 1.33. The third-order valence-electron chi connectivity index (χ3n) is 7.23. The van der Waals surface area contributed by atoms with Gasteiger partial charge in [-0.2, -0.15) is 5.10 Å². The highest BCUT2D eigenvalue weighted by Gasteiger charge is 2.45. The molecule has 0 unspecified atom stereocenters. The minimum absolute atomic E-state index is 0.0645. The summed E-state index contributed by atoms with van der Waals surface area (Å²) in [6, 6.07) is 9.76.